The van der Waals surface area contributed by atoms with Gasteiger partial charge in [0, 0.05) is 18.6 Å². The fourth-order valence-electron chi connectivity index (χ4n) is 2.89. The fraction of sp³-hybridized carbons (Fsp3) is 0.611. The predicted octanol–water partition coefficient (Wildman–Crippen LogP) is 3.75. The van der Waals surface area contributed by atoms with Gasteiger partial charge < -0.3 is 15.4 Å². The number of carbonyl (C=O) groups is 1. The monoisotopic (exact) mass is 322 g/mol. The van der Waals surface area contributed by atoms with E-state index in [0.29, 0.717) is 12.6 Å². The van der Waals surface area contributed by atoms with Gasteiger partial charge in [-0.15, -0.1) is 0 Å². The first kappa shape index (κ1) is 17.7. The molecule has 0 aliphatic heterocycles. The molecule has 1 aromatic carbocycles. The third kappa shape index (κ3) is 6.57. The van der Waals surface area contributed by atoms with Crippen LogP contribution in [-0.4, -0.2) is 23.8 Å². The van der Waals surface area contributed by atoms with E-state index in [1.165, 1.54) is 6.07 Å². The number of amides is 1. The summed E-state index contributed by atoms with van der Waals surface area (Å²) in [6.07, 6.45) is 3.61. The summed E-state index contributed by atoms with van der Waals surface area (Å²) in [6.45, 7) is 6.21. The molecular formula is C18H27FN2O2. The van der Waals surface area contributed by atoms with Crippen LogP contribution in [0.4, 0.5) is 9.18 Å². The van der Waals surface area contributed by atoms with Gasteiger partial charge in [-0.05, 0) is 64.2 Å². The van der Waals surface area contributed by atoms with E-state index in [1.54, 1.807) is 12.1 Å². The number of hydrogen-bond donors (Lipinski definition) is 2. The summed E-state index contributed by atoms with van der Waals surface area (Å²) in [4.78, 5) is 11.9. The highest BCUT2D eigenvalue weighted by Gasteiger charge is 2.25. The Balaban J connectivity index is 1.78. The molecule has 4 nitrogen and oxygen atoms in total. The summed E-state index contributed by atoms with van der Waals surface area (Å²) in [5.74, 6) is -0.211. The molecule has 2 N–H and O–H groups in total. The minimum atomic E-state index is -0.478. The van der Waals surface area contributed by atoms with Gasteiger partial charge in [0.1, 0.15) is 11.4 Å². The lowest BCUT2D eigenvalue weighted by atomic mass is 9.91. The molecule has 0 bridgehead atoms. The first-order chi connectivity index (χ1) is 10.8. The Labute approximate surface area is 137 Å². The zero-order valence-corrected chi connectivity index (χ0v) is 14.2. The van der Waals surface area contributed by atoms with Gasteiger partial charge in [-0.1, -0.05) is 12.1 Å². The van der Waals surface area contributed by atoms with Crippen LogP contribution in [-0.2, 0) is 11.3 Å². The van der Waals surface area contributed by atoms with E-state index >= 15 is 0 Å². The van der Waals surface area contributed by atoms with Gasteiger partial charge in [-0.25, -0.2) is 9.18 Å². The SMILES string of the molecule is CC(C)(C)OC(=O)NC1CCCC(NCc2cccc(F)c2)C1. The molecule has 0 radical (unpaired) electrons. The molecule has 1 saturated carbocycles. The van der Waals surface area contributed by atoms with Crippen LogP contribution in [0.25, 0.3) is 0 Å². The smallest absolute Gasteiger partial charge is 0.407 e. The quantitative estimate of drug-likeness (QED) is 0.887. The van der Waals surface area contributed by atoms with Crippen molar-refractivity contribution < 1.29 is 13.9 Å². The van der Waals surface area contributed by atoms with Crippen molar-refractivity contribution in [3.63, 3.8) is 0 Å². The van der Waals surface area contributed by atoms with E-state index in [9.17, 15) is 9.18 Å². The molecular weight excluding hydrogens is 295 g/mol. The lowest BCUT2D eigenvalue weighted by Gasteiger charge is -2.31. The molecule has 0 spiro atoms. The summed E-state index contributed by atoms with van der Waals surface area (Å²) in [7, 11) is 0. The van der Waals surface area contributed by atoms with Crippen molar-refractivity contribution in [1.29, 1.82) is 0 Å². The minimum absolute atomic E-state index is 0.128. The average Bonchev–Trinajstić information content (AvgIpc) is 2.43. The third-order valence-corrected chi connectivity index (χ3v) is 3.88. The molecule has 0 heterocycles. The topological polar surface area (TPSA) is 50.4 Å². The molecule has 0 saturated heterocycles. The van der Waals surface area contributed by atoms with Crippen LogP contribution in [0.15, 0.2) is 24.3 Å². The van der Waals surface area contributed by atoms with E-state index in [1.807, 2.05) is 26.8 Å². The van der Waals surface area contributed by atoms with Gasteiger partial charge in [0.15, 0.2) is 0 Å². The largest absolute Gasteiger partial charge is 0.444 e. The van der Waals surface area contributed by atoms with E-state index in [-0.39, 0.29) is 18.0 Å². The second-order valence-electron chi connectivity index (χ2n) is 7.22. The molecule has 1 aliphatic rings. The van der Waals surface area contributed by atoms with Gasteiger partial charge in [0.05, 0.1) is 0 Å². The van der Waals surface area contributed by atoms with Crippen LogP contribution >= 0.6 is 0 Å². The molecule has 2 unspecified atom stereocenters. The Morgan fingerprint density at radius 1 is 1.30 bits per heavy atom. The van der Waals surface area contributed by atoms with Crippen LogP contribution < -0.4 is 10.6 Å². The predicted molar refractivity (Wildman–Crippen MR) is 88.7 cm³/mol. The number of ether oxygens (including phenoxy) is 1. The van der Waals surface area contributed by atoms with E-state index in [2.05, 4.69) is 10.6 Å². The number of carbonyl (C=O) groups excluding carboxylic acids is 1. The van der Waals surface area contributed by atoms with Crippen molar-refractivity contribution in [3.8, 4) is 0 Å². The van der Waals surface area contributed by atoms with Crippen molar-refractivity contribution in [2.75, 3.05) is 0 Å². The standard InChI is InChI=1S/C18H27FN2O2/c1-18(2,3)23-17(22)21-16-9-5-8-15(11-16)20-12-13-6-4-7-14(19)10-13/h4,6-7,10,15-16,20H,5,8-9,11-12H2,1-3H3,(H,21,22). The van der Waals surface area contributed by atoms with Crippen LogP contribution in [0.1, 0.15) is 52.0 Å². The maximum Gasteiger partial charge on any atom is 0.407 e. The van der Waals surface area contributed by atoms with Gasteiger partial charge in [-0.3, -0.25) is 0 Å². The summed E-state index contributed by atoms with van der Waals surface area (Å²) >= 11 is 0. The van der Waals surface area contributed by atoms with E-state index < -0.39 is 5.60 Å². The summed E-state index contributed by atoms with van der Waals surface area (Å²) in [5.41, 5.74) is 0.459. The van der Waals surface area contributed by atoms with E-state index in [4.69, 9.17) is 4.74 Å². The van der Waals surface area contributed by atoms with Crippen LogP contribution in [0.2, 0.25) is 0 Å². The average molecular weight is 322 g/mol. The Morgan fingerprint density at radius 3 is 2.74 bits per heavy atom. The number of nitrogens with one attached hydrogen (secondary N) is 2. The highest BCUT2D eigenvalue weighted by Crippen LogP contribution is 2.20. The zero-order chi connectivity index (χ0) is 16.9. The molecule has 5 heteroatoms. The Hall–Kier alpha value is -1.62. The number of benzene rings is 1. The van der Waals surface area contributed by atoms with Crippen LogP contribution in [0.3, 0.4) is 0 Å². The normalized spacial score (nSPS) is 21.7. The van der Waals surface area contributed by atoms with E-state index in [0.717, 1.165) is 31.2 Å². The Kier molecular flexibility index (Phi) is 5.99. The second-order valence-corrected chi connectivity index (χ2v) is 7.22. The van der Waals surface area contributed by atoms with Crippen molar-refractivity contribution in [3.05, 3.63) is 35.6 Å². The van der Waals surface area contributed by atoms with Crippen molar-refractivity contribution >= 4 is 6.09 Å². The lowest BCUT2D eigenvalue weighted by Crippen LogP contribution is -2.45. The third-order valence-electron chi connectivity index (χ3n) is 3.88. The molecule has 1 amide bonds. The van der Waals surface area contributed by atoms with Crippen molar-refractivity contribution in [2.24, 2.45) is 0 Å². The number of halogens is 1. The Bertz CT molecular complexity index is 528. The number of rotatable bonds is 4. The highest BCUT2D eigenvalue weighted by molar-refractivity contribution is 5.68. The Morgan fingerprint density at radius 2 is 2.04 bits per heavy atom. The minimum Gasteiger partial charge on any atom is -0.444 e. The number of hydrogen-bond acceptors (Lipinski definition) is 3. The van der Waals surface area contributed by atoms with Crippen LogP contribution in [0, 0.1) is 5.82 Å². The van der Waals surface area contributed by atoms with Gasteiger partial charge in [-0.2, -0.15) is 0 Å². The zero-order valence-electron chi connectivity index (χ0n) is 14.2. The molecule has 23 heavy (non-hydrogen) atoms. The second kappa shape index (κ2) is 7.77. The molecule has 0 aromatic heterocycles. The summed E-state index contributed by atoms with van der Waals surface area (Å²) in [6, 6.07) is 7.09. The van der Waals surface area contributed by atoms with Gasteiger partial charge in [0.2, 0.25) is 0 Å². The fourth-order valence-corrected chi connectivity index (χ4v) is 2.89. The number of alkyl carbamates (subject to hydrolysis) is 1. The molecule has 2 atom stereocenters. The molecule has 1 aromatic rings. The summed E-state index contributed by atoms with van der Waals surface area (Å²) in [5, 5.41) is 6.41. The van der Waals surface area contributed by atoms with Gasteiger partial charge in [0.25, 0.3) is 0 Å². The molecule has 128 valence electrons. The highest BCUT2D eigenvalue weighted by atomic mass is 19.1. The summed E-state index contributed by atoms with van der Waals surface area (Å²) < 4.78 is 18.5. The maximum absolute atomic E-state index is 13.2. The van der Waals surface area contributed by atoms with Crippen LogP contribution in [0.5, 0.6) is 0 Å². The molecule has 1 aliphatic carbocycles. The molecule has 2 rings (SSSR count). The van der Waals surface area contributed by atoms with Crippen molar-refractivity contribution in [1.82, 2.24) is 10.6 Å². The van der Waals surface area contributed by atoms with Crippen molar-refractivity contribution in [2.45, 2.75) is 70.7 Å². The van der Waals surface area contributed by atoms with Gasteiger partial charge >= 0.3 is 6.09 Å². The first-order valence-electron chi connectivity index (χ1n) is 8.29. The first-order valence-corrected chi connectivity index (χ1v) is 8.29. The molecule has 1 fully saturated rings. The lowest BCUT2D eigenvalue weighted by molar-refractivity contribution is 0.0488. The maximum atomic E-state index is 13.2.